The summed E-state index contributed by atoms with van der Waals surface area (Å²) in [5, 5.41) is 0. The predicted molar refractivity (Wildman–Crippen MR) is 251 cm³/mol. The van der Waals surface area contributed by atoms with Crippen LogP contribution in [0.5, 0.6) is 0 Å². The molecule has 7 aromatic carbocycles. The maximum absolute atomic E-state index is 4.40. The van der Waals surface area contributed by atoms with E-state index in [0.29, 0.717) is 0 Å². The van der Waals surface area contributed by atoms with Gasteiger partial charge in [0.1, 0.15) is 0 Å². The summed E-state index contributed by atoms with van der Waals surface area (Å²) in [6, 6.07) is 67.2. The third kappa shape index (κ3) is 6.69. The minimum atomic E-state index is -0.536. The molecule has 0 atom stereocenters. The van der Waals surface area contributed by atoms with Crippen molar-refractivity contribution in [1.29, 1.82) is 0 Å². The third-order valence-electron chi connectivity index (χ3n) is 12.9. The molecule has 0 amide bonds. The van der Waals surface area contributed by atoms with Crippen LogP contribution in [0.3, 0.4) is 0 Å². The van der Waals surface area contributed by atoms with Crippen LogP contribution in [0.15, 0.2) is 218 Å². The number of fused-ring (bicyclic) bond motifs is 3. The Morgan fingerprint density at radius 3 is 1.56 bits per heavy atom. The van der Waals surface area contributed by atoms with Crippen molar-refractivity contribution in [3.8, 4) is 33.4 Å². The molecule has 1 nitrogen and oxygen atoms in total. The molecule has 0 heterocycles. The second-order valence-electron chi connectivity index (χ2n) is 17.8. The van der Waals surface area contributed by atoms with Gasteiger partial charge >= 0.3 is 0 Å². The van der Waals surface area contributed by atoms with Gasteiger partial charge in [0.15, 0.2) is 0 Å². The van der Waals surface area contributed by atoms with Crippen molar-refractivity contribution in [2.45, 2.75) is 52.9 Å². The monoisotopic (exact) mass is 763 g/mol. The Labute approximate surface area is 351 Å². The SMILES string of the molecule is C=C(C)/C=C1\C(=C/N(c2ccc(-c3ccccc3)cc2)c2cc3c(cc2-c2ccccc2)-c2ccccc2C3(c2ccccc2)c2ccccc2)C(C)(C)CCC1(C)C. The zero-order valence-corrected chi connectivity index (χ0v) is 35.0. The molecule has 0 aromatic heterocycles. The van der Waals surface area contributed by atoms with Gasteiger partial charge in [0.05, 0.1) is 11.1 Å². The van der Waals surface area contributed by atoms with E-state index in [1.165, 1.54) is 66.8 Å². The number of anilines is 2. The van der Waals surface area contributed by atoms with Gasteiger partial charge in [-0.2, -0.15) is 0 Å². The van der Waals surface area contributed by atoms with E-state index in [0.717, 1.165) is 29.8 Å². The maximum atomic E-state index is 4.40. The summed E-state index contributed by atoms with van der Waals surface area (Å²) in [5.74, 6) is 0. The van der Waals surface area contributed by atoms with Crippen LogP contribution < -0.4 is 4.90 Å². The highest BCUT2D eigenvalue weighted by atomic mass is 15.1. The molecule has 2 aliphatic rings. The quantitative estimate of drug-likeness (QED) is 0.149. The summed E-state index contributed by atoms with van der Waals surface area (Å²) in [7, 11) is 0. The van der Waals surface area contributed by atoms with E-state index in [1.54, 1.807) is 0 Å². The van der Waals surface area contributed by atoms with Crippen LogP contribution in [0.2, 0.25) is 0 Å². The molecule has 1 fully saturated rings. The highest BCUT2D eigenvalue weighted by Crippen LogP contribution is 2.59. The van der Waals surface area contributed by atoms with Gasteiger partial charge < -0.3 is 4.90 Å². The van der Waals surface area contributed by atoms with Gasteiger partial charge in [-0.05, 0) is 116 Å². The second-order valence-corrected chi connectivity index (χ2v) is 17.8. The molecule has 7 aromatic rings. The zero-order chi connectivity index (χ0) is 40.8. The Morgan fingerprint density at radius 2 is 0.983 bits per heavy atom. The topological polar surface area (TPSA) is 3.24 Å². The Balaban J connectivity index is 1.40. The first-order chi connectivity index (χ1) is 28.6. The van der Waals surface area contributed by atoms with Crippen molar-refractivity contribution in [3.05, 3.63) is 240 Å². The fourth-order valence-electron chi connectivity index (χ4n) is 9.77. The van der Waals surface area contributed by atoms with E-state index >= 15 is 0 Å². The van der Waals surface area contributed by atoms with Gasteiger partial charge in [0.25, 0.3) is 0 Å². The molecule has 0 spiro atoms. The Bertz CT molecular complexity index is 2660. The van der Waals surface area contributed by atoms with Crippen molar-refractivity contribution in [2.24, 2.45) is 10.8 Å². The van der Waals surface area contributed by atoms with E-state index in [4.69, 9.17) is 0 Å². The molecule has 0 unspecified atom stereocenters. The molecule has 0 N–H and O–H groups in total. The third-order valence-corrected chi connectivity index (χ3v) is 12.9. The molecule has 0 saturated heterocycles. The average Bonchev–Trinajstić information content (AvgIpc) is 3.56. The smallest absolute Gasteiger partial charge is 0.0714 e. The van der Waals surface area contributed by atoms with Gasteiger partial charge in [-0.15, -0.1) is 0 Å². The van der Waals surface area contributed by atoms with Crippen molar-refractivity contribution >= 4 is 11.4 Å². The molecule has 2 aliphatic carbocycles. The van der Waals surface area contributed by atoms with Crippen LogP contribution in [0.1, 0.15) is 69.7 Å². The van der Waals surface area contributed by atoms with Gasteiger partial charge in [0, 0.05) is 17.5 Å². The average molecular weight is 764 g/mol. The van der Waals surface area contributed by atoms with E-state index in [-0.39, 0.29) is 10.8 Å². The minimum Gasteiger partial charge on any atom is -0.316 e. The van der Waals surface area contributed by atoms with Gasteiger partial charge in [-0.1, -0.05) is 204 Å². The lowest BCUT2D eigenvalue weighted by atomic mass is 9.60. The molecule has 0 bridgehead atoms. The van der Waals surface area contributed by atoms with Crippen LogP contribution >= 0.6 is 0 Å². The number of benzene rings is 7. The summed E-state index contributed by atoms with van der Waals surface area (Å²) in [5.41, 5.74) is 17.9. The van der Waals surface area contributed by atoms with Crippen LogP contribution in [-0.2, 0) is 5.41 Å². The van der Waals surface area contributed by atoms with Crippen molar-refractivity contribution in [1.82, 2.24) is 0 Å². The number of rotatable bonds is 8. The van der Waals surface area contributed by atoms with Crippen molar-refractivity contribution in [2.75, 3.05) is 4.90 Å². The number of hydrogen-bond acceptors (Lipinski definition) is 1. The van der Waals surface area contributed by atoms with E-state index in [1.807, 2.05) is 0 Å². The van der Waals surface area contributed by atoms with E-state index < -0.39 is 5.41 Å². The summed E-state index contributed by atoms with van der Waals surface area (Å²) in [6.45, 7) is 16.2. The fourth-order valence-corrected chi connectivity index (χ4v) is 9.77. The first kappa shape index (κ1) is 38.1. The van der Waals surface area contributed by atoms with Gasteiger partial charge in [-0.25, -0.2) is 0 Å². The molecule has 0 aliphatic heterocycles. The number of hydrogen-bond donors (Lipinski definition) is 0. The summed E-state index contributed by atoms with van der Waals surface area (Å²) in [4.78, 5) is 2.51. The molecule has 290 valence electrons. The van der Waals surface area contributed by atoms with Crippen LogP contribution in [0.25, 0.3) is 33.4 Å². The maximum Gasteiger partial charge on any atom is 0.0714 e. The second kappa shape index (κ2) is 15.1. The Hall–Kier alpha value is -6.44. The lowest BCUT2D eigenvalue weighted by Crippen LogP contribution is -2.33. The predicted octanol–water partition coefficient (Wildman–Crippen LogP) is 15.8. The van der Waals surface area contributed by atoms with Crippen molar-refractivity contribution in [3.63, 3.8) is 0 Å². The van der Waals surface area contributed by atoms with Crippen LogP contribution in [0.4, 0.5) is 11.4 Å². The highest BCUT2D eigenvalue weighted by Gasteiger charge is 2.47. The number of nitrogens with zero attached hydrogens (tertiary/aromatic N) is 1. The lowest BCUT2D eigenvalue weighted by Gasteiger charge is -2.45. The minimum absolute atomic E-state index is 0.0131. The van der Waals surface area contributed by atoms with Crippen LogP contribution in [-0.4, -0.2) is 0 Å². The Kier molecular flexibility index (Phi) is 9.72. The van der Waals surface area contributed by atoms with Crippen LogP contribution in [0, 0.1) is 10.8 Å². The van der Waals surface area contributed by atoms with Gasteiger partial charge in [0.2, 0.25) is 0 Å². The first-order valence-corrected chi connectivity index (χ1v) is 21.1. The molecular weight excluding hydrogens is 711 g/mol. The zero-order valence-electron chi connectivity index (χ0n) is 35.0. The molecule has 59 heavy (non-hydrogen) atoms. The summed E-state index contributed by atoms with van der Waals surface area (Å²) >= 11 is 0. The molecule has 0 radical (unpaired) electrons. The summed E-state index contributed by atoms with van der Waals surface area (Å²) < 4.78 is 0. The lowest BCUT2D eigenvalue weighted by molar-refractivity contribution is 0.259. The highest BCUT2D eigenvalue weighted by molar-refractivity contribution is 5.95. The normalized spacial score (nSPS) is 17.3. The first-order valence-electron chi connectivity index (χ1n) is 21.1. The Morgan fingerprint density at radius 1 is 0.492 bits per heavy atom. The standard InChI is InChI=1S/C58H53N/c1-41(2)37-53-54(57(5,6)36-35-56(53,3)4)40-59(47-33-31-43(32-34-47)42-21-11-7-12-22-42)55-39-52-50(38-49(55)44-23-13-8-14-24-44)48-29-19-20-30-51(48)58(52,45-25-15-9-16-26-45)46-27-17-10-18-28-46/h7-34,37-40H,1,35-36H2,2-6H3/b53-37+,54-40+. The molecule has 1 heteroatoms. The fraction of sp³-hybridized carbons (Fsp3) is 0.172. The molecule has 1 saturated carbocycles. The summed E-state index contributed by atoms with van der Waals surface area (Å²) in [6.07, 6.45) is 7.04. The number of allylic oxidation sites excluding steroid dienone is 4. The molecule has 9 rings (SSSR count). The van der Waals surface area contributed by atoms with Gasteiger partial charge in [-0.3, -0.25) is 0 Å². The van der Waals surface area contributed by atoms with Crippen molar-refractivity contribution < 1.29 is 0 Å². The van der Waals surface area contributed by atoms with E-state index in [2.05, 4.69) is 240 Å². The largest absolute Gasteiger partial charge is 0.316 e. The molecular formula is C58H53N. The van der Waals surface area contributed by atoms with E-state index in [9.17, 15) is 0 Å².